The van der Waals surface area contributed by atoms with Crippen molar-refractivity contribution in [3.8, 4) is 0 Å². The summed E-state index contributed by atoms with van der Waals surface area (Å²) in [5.41, 5.74) is 1.90. The van der Waals surface area contributed by atoms with E-state index in [1.165, 1.54) is 12.8 Å². The standard InChI is InChI=1S/C16H21NO2/c1-16(2)9-5-6-11(16)13(18)10-15-17-12-7-3-4-8-14(12)19-15/h3-4,7-8,11,13,18H,5-6,9-10H2,1-2H3. The first-order valence-electron chi connectivity index (χ1n) is 7.09. The molecule has 0 aliphatic heterocycles. The highest BCUT2D eigenvalue weighted by Gasteiger charge is 2.39. The van der Waals surface area contributed by atoms with Crippen molar-refractivity contribution in [2.75, 3.05) is 0 Å². The molecule has 2 atom stereocenters. The van der Waals surface area contributed by atoms with Gasteiger partial charge in [-0.2, -0.15) is 0 Å². The van der Waals surface area contributed by atoms with Gasteiger partial charge in [-0.05, 0) is 36.3 Å². The largest absolute Gasteiger partial charge is 0.441 e. The number of hydrogen-bond donors (Lipinski definition) is 1. The molecule has 2 unspecified atom stereocenters. The minimum Gasteiger partial charge on any atom is -0.441 e. The highest BCUT2D eigenvalue weighted by molar-refractivity contribution is 5.72. The number of para-hydroxylation sites is 2. The van der Waals surface area contributed by atoms with Crippen LogP contribution in [0.1, 0.15) is 39.0 Å². The van der Waals surface area contributed by atoms with Crippen molar-refractivity contribution >= 4 is 11.1 Å². The fourth-order valence-corrected chi connectivity index (χ4v) is 3.40. The molecule has 1 aliphatic rings. The molecule has 3 nitrogen and oxygen atoms in total. The van der Waals surface area contributed by atoms with Crippen LogP contribution < -0.4 is 0 Å². The van der Waals surface area contributed by atoms with Gasteiger partial charge in [0, 0.05) is 0 Å². The molecule has 0 radical (unpaired) electrons. The molecule has 0 amide bonds. The molecule has 1 fully saturated rings. The molecule has 3 rings (SSSR count). The molecule has 0 bridgehead atoms. The van der Waals surface area contributed by atoms with Crippen molar-refractivity contribution < 1.29 is 9.52 Å². The Morgan fingerprint density at radius 2 is 2.21 bits per heavy atom. The molecular weight excluding hydrogens is 238 g/mol. The summed E-state index contributed by atoms with van der Waals surface area (Å²) in [4.78, 5) is 4.45. The van der Waals surface area contributed by atoms with Gasteiger partial charge in [0.1, 0.15) is 5.52 Å². The summed E-state index contributed by atoms with van der Waals surface area (Å²) in [6.07, 6.45) is 3.67. The number of oxazole rings is 1. The molecule has 1 heterocycles. The molecule has 0 spiro atoms. The number of aromatic nitrogens is 1. The van der Waals surface area contributed by atoms with Gasteiger partial charge in [0.2, 0.25) is 0 Å². The average Bonchev–Trinajstić information content (AvgIpc) is 2.90. The highest BCUT2D eigenvalue weighted by Crippen LogP contribution is 2.44. The molecule has 1 N–H and O–H groups in total. The Morgan fingerprint density at radius 3 is 2.89 bits per heavy atom. The lowest BCUT2D eigenvalue weighted by Gasteiger charge is -2.30. The monoisotopic (exact) mass is 259 g/mol. The van der Waals surface area contributed by atoms with Gasteiger partial charge in [-0.3, -0.25) is 0 Å². The van der Waals surface area contributed by atoms with E-state index in [0.29, 0.717) is 18.2 Å². The van der Waals surface area contributed by atoms with E-state index < -0.39 is 0 Å². The van der Waals surface area contributed by atoms with Crippen LogP contribution in [0.4, 0.5) is 0 Å². The third kappa shape index (κ3) is 2.39. The number of hydrogen-bond acceptors (Lipinski definition) is 3. The summed E-state index contributed by atoms with van der Waals surface area (Å²) in [6.45, 7) is 4.50. The number of aliphatic hydroxyl groups excluding tert-OH is 1. The maximum Gasteiger partial charge on any atom is 0.198 e. The number of aliphatic hydroxyl groups is 1. The third-order valence-corrected chi connectivity index (χ3v) is 4.53. The van der Waals surface area contributed by atoms with Crippen LogP contribution in [-0.2, 0) is 6.42 Å². The summed E-state index contributed by atoms with van der Waals surface area (Å²) >= 11 is 0. The molecule has 1 aromatic carbocycles. The molecule has 1 aliphatic carbocycles. The summed E-state index contributed by atoms with van der Waals surface area (Å²) in [5.74, 6) is 0.999. The quantitative estimate of drug-likeness (QED) is 0.916. The second kappa shape index (κ2) is 4.64. The Bertz CT molecular complexity index is 540. The van der Waals surface area contributed by atoms with E-state index >= 15 is 0 Å². The van der Waals surface area contributed by atoms with Gasteiger partial charge in [-0.1, -0.05) is 32.4 Å². The number of nitrogens with zero attached hydrogens (tertiary/aromatic N) is 1. The van der Waals surface area contributed by atoms with Gasteiger partial charge in [0.05, 0.1) is 12.5 Å². The second-order valence-electron chi connectivity index (χ2n) is 6.33. The molecule has 0 saturated heterocycles. The molecule has 19 heavy (non-hydrogen) atoms. The Kier molecular flexibility index (Phi) is 3.09. The Hall–Kier alpha value is -1.35. The van der Waals surface area contributed by atoms with Gasteiger partial charge in [-0.15, -0.1) is 0 Å². The Balaban J connectivity index is 1.77. The first kappa shape index (κ1) is 12.7. The summed E-state index contributed by atoms with van der Waals surface area (Å²) in [6, 6.07) is 7.74. The van der Waals surface area contributed by atoms with Crippen molar-refractivity contribution in [2.24, 2.45) is 11.3 Å². The van der Waals surface area contributed by atoms with E-state index in [-0.39, 0.29) is 11.5 Å². The van der Waals surface area contributed by atoms with E-state index in [0.717, 1.165) is 17.5 Å². The molecule has 3 heteroatoms. The lowest BCUT2D eigenvalue weighted by atomic mass is 9.78. The smallest absolute Gasteiger partial charge is 0.198 e. The predicted molar refractivity (Wildman–Crippen MR) is 74.8 cm³/mol. The van der Waals surface area contributed by atoms with E-state index in [1.54, 1.807) is 0 Å². The van der Waals surface area contributed by atoms with Gasteiger partial charge < -0.3 is 9.52 Å². The van der Waals surface area contributed by atoms with E-state index in [9.17, 15) is 5.11 Å². The first-order chi connectivity index (χ1) is 9.06. The average molecular weight is 259 g/mol. The maximum atomic E-state index is 10.5. The summed E-state index contributed by atoms with van der Waals surface area (Å²) in [7, 11) is 0. The minimum absolute atomic E-state index is 0.228. The Morgan fingerprint density at radius 1 is 1.42 bits per heavy atom. The predicted octanol–water partition coefficient (Wildman–Crippen LogP) is 3.56. The normalized spacial score (nSPS) is 23.8. The fourth-order valence-electron chi connectivity index (χ4n) is 3.40. The highest BCUT2D eigenvalue weighted by atomic mass is 16.4. The van der Waals surface area contributed by atoms with Crippen LogP contribution in [0, 0.1) is 11.3 Å². The topological polar surface area (TPSA) is 46.3 Å². The lowest BCUT2D eigenvalue weighted by molar-refractivity contribution is 0.0499. The van der Waals surface area contributed by atoms with Gasteiger partial charge in [0.15, 0.2) is 11.5 Å². The molecule has 1 saturated carbocycles. The maximum absolute atomic E-state index is 10.5. The van der Waals surface area contributed by atoms with Crippen molar-refractivity contribution in [2.45, 2.75) is 45.6 Å². The fraction of sp³-hybridized carbons (Fsp3) is 0.562. The van der Waals surface area contributed by atoms with E-state index in [2.05, 4.69) is 18.8 Å². The Labute approximate surface area is 113 Å². The van der Waals surface area contributed by atoms with Crippen LogP contribution in [0.3, 0.4) is 0 Å². The van der Waals surface area contributed by atoms with Crippen LogP contribution in [0.25, 0.3) is 11.1 Å². The lowest BCUT2D eigenvalue weighted by Crippen LogP contribution is -2.31. The zero-order chi connectivity index (χ0) is 13.5. The number of benzene rings is 1. The number of rotatable bonds is 3. The van der Waals surface area contributed by atoms with Crippen molar-refractivity contribution in [1.82, 2.24) is 4.98 Å². The summed E-state index contributed by atoms with van der Waals surface area (Å²) < 4.78 is 5.70. The minimum atomic E-state index is -0.356. The van der Waals surface area contributed by atoms with Crippen molar-refractivity contribution in [3.05, 3.63) is 30.2 Å². The van der Waals surface area contributed by atoms with Gasteiger partial charge >= 0.3 is 0 Å². The third-order valence-electron chi connectivity index (χ3n) is 4.53. The first-order valence-corrected chi connectivity index (χ1v) is 7.09. The summed E-state index contributed by atoms with van der Waals surface area (Å²) in [5, 5.41) is 10.5. The SMILES string of the molecule is CC1(C)CCCC1C(O)Cc1nc2ccccc2o1. The van der Waals surface area contributed by atoms with Crippen LogP contribution >= 0.6 is 0 Å². The van der Waals surface area contributed by atoms with Gasteiger partial charge in [0.25, 0.3) is 0 Å². The second-order valence-corrected chi connectivity index (χ2v) is 6.33. The van der Waals surface area contributed by atoms with Crippen LogP contribution in [0.2, 0.25) is 0 Å². The molecule has 1 aromatic heterocycles. The van der Waals surface area contributed by atoms with Crippen LogP contribution in [0.5, 0.6) is 0 Å². The van der Waals surface area contributed by atoms with Crippen LogP contribution in [-0.4, -0.2) is 16.2 Å². The molecule has 2 aromatic rings. The van der Waals surface area contributed by atoms with Crippen LogP contribution in [0.15, 0.2) is 28.7 Å². The number of fused-ring (bicyclic) bond motifs is 1. The zero-order valence-corrected chi connectivity index (χ0v) is 11.6. The zero-order valence-electron chi connectivity index (χ0n) is 11.6. The molecular formula is C16H21NO2. The van der Waals surface area contributed by atoms with Crippen molar-refractivity contribution in [1.29, 1.82) is 0 Å². The van der Waals surface area contributed by atoms with Crippen molar-refractivity contribution in [3.63, 3.8) is 0 Å². The van der Waals surface area contributed by atoms with E-state index in [4.69, 9.17) is 4.42 Å². The molecule has 102 valence electrons. The van der Waals surface area contributed by atoms with E-state index in [1.807, 2.05) is 24.3 Å². The van der Waals surface area contributed by atoms with Gasteiger partial charge in [-0.25, -0.2) is 4.98 Å².